The number of hydrogen-bond acceptors (Lipinski definition) is 6. The maximum absolute atomic E-state index is 12.3. The quantitative estimate of drug-likeness (QED) is 0.492. The number of methoxy groups -OCH3 is 1. The van der Waals surface area contributed by atoms with Crippen LogP contribution in [0.5, 0.6) is 0 Å². The van der Waals surface area contributed by atoms with E-state index in [1.165, 1.54) is 21.0 Å². The monoisotopic (exact) mass is 366 g/mol. The van der Waals surface area contributed by atoms with Gasteiger partial charge in [0.1, 0.15) is 6.04 Å². The van der Waals surface area contributed by atoms with Crippen molar-refractivity contribution in [2.45, 2.75) is 31.7 Å². The summed E-state index contributed by atoms with van der Waals surface area (Å²) in [4.78, 5) is 46.8. The minimum absolute atomic E-state index is 0.0690. The zero-order valence-electron chi connectivity index (χ0n) is 14.4. The highest BCUT2D eigenvalue weighted by Gasteiger charge is 2.28. The van der Waals surface area contributed by atoms with E-state index in [2.05, 4.69) is 15.4 Å². The van der Waals surface area contributed by atoms with Gasteiger partial charge in [-0.3, -0.25) is 19.2 Å². The zero-order chi connectivity index (χ0) is 18.8. The number of esters is 1. The second-order valence-corrected chi connectivity index (χ2v) is 6.44. The van der Waals surface area contributed by atoms with Crippen molar-refractivity contribution in [2.75, 3.05) is 12.9 Å². The van der Waals surface area contributed by atoms with E-state index in [4.69, 9.17) is 0 Å². The molecule has 2 N–H and O–H groups in total. The van der Waals surface area contributed by atoms with Crippen molar-refractivity contribution in [3.8, 4) is 0 Å². The molecule has 2 amide bonds. The van der Waals surface area contributed by atoms with Crippen LogP contribution >= 0.6 is 11.8 Å². The molecule has 0 aliphatic rings. The fourth-order valence-electron chi connectivity index (χ4n) is 1.99. The molecule has 8 heteroatoms. The SMILES string of the molecule is COC(=O)C(SCC(NC(C)=O)C(=O)NCc1ccccc1)C(C)=O. The minimum atomic E-state index is -1.02. The van der Waals surface area contributed by atoms with Crippen LogP contribution in [-0.2, 0) is 30.5 Å². The van der Waals surface area contributed by atoms with Gasteiger partial charge >= 0.3 is 5.97 Å². The summed E-state index contributed by atoms with van der Waals surface area (Å²) in [5.41, 5.74) is 0.918. The third kappa shape index (κ3) is 7.38. The van der Waals surface area contributed by atoms with Gasteiger partial charge in [0.15, 0.2) is 11.0 Å². The van der Waals surface area contributed by atoms with Crippen molar-refractivity contribution in [3.63, 3.8) is 0 Å². The summed E-state index contributed by atoms with van der Waals surface area (Å²) < 4.78 is 4.58. The third-order valence-electron chi connectivity index (χ3n) is 3.22. The summed E-state index contributed by atoms with van der Waals surface area (Å²) >= 11 is 0.963. The molecule has 7 nitrogen and oxygen atoms in total. The van der Waals surface area contributed by atoms with Crippen LogP contribution in [-0.4, -0.2) is 47.7 Å². The van der Waals surface area contributed by atoms with E-state index in [-0.39, 0.29) is 17.4 Å². The van der Waals surface area contributed by atoms with Gasteiger partial charge in [0.25, 0.3) is 0 Å². The first-order valence-electron chi connectivity index (χ1n) is 7.63. The van der Waals surface area contributed by atoms with Crippen molar-refractivity contribution in [1.29, 1.82) is 0 Å². The molecule has 0 aliphatic carbocycles. The molecule has 2 unspecified atom stereocenters. The smallest absolute Gasteiger partial charge is 0.326 e. The maximum atomic E-state index is 12.3. The Hall–Kier alpha value is -2.35. The van der Waals surface area contributed by atoms with Crippen LogP contribution in [0.2, 0.25) is 0 Å². The number of carbonyl (C=O) groups is 4. The Balaban J connectivity index is 2.68. The normalized spacial score (nSPS) is 12.6. The average Bonchev–Trinajstić information content (AvgIpc) is 2.58. The predicted octanol–water partition coefficient (Wildman–Crippen LogP) is 0.671. The average molecular weight is 366 g/mol. The molecule has 0 heterocycles. The lowest BCUT2D eigenvalue weighted by Gasteiger charge is -2.19. The van der Waals surface area contributed by atoms with Crippen molar-refractivity contribution < 1.29 is 23.9 Å². The van der Waals surface area contributed by atoms with Crippen LogP contribution in [0.1, 0.15) is 19.4 Å². The van der Waals surface area contributed by atoms with Gasteiger partial charge in [-0.25, -0.2) is 0 Å². The van der Waals surface area contributed by atoms with Gasteiger partial charge < -0.3 is 15.4 Å². The Morgan fingerprint density at radius 3 is 2.28 bits per heavy atom. The first kappa shape index (κ1) is 20.7. The highest BCUT2D eigenvalue weighted by atomic mass is 32.2. The van der Waals surface area contributed by atoms with E-state index in [0.29, 0.717) is 6.54 Å². The van der Waals surface area contributed by atoms with Gasteiger partial charge in [0.05, 0.1) is 7.11 Å². The second kappa shape index (κ2) is 10.5. The lowest BCUT2D eigenvalue weighted by atomic mass is 10.2. The molecule has 0 bridgehead atoms. The largest absolute Gasteiger partial charge is 0.468 e. The Bertz CT molecular complexity index is 621. The van der Waals surface area contributed by atoms with E-state index in [0.717, 1.165) is 17.3 Å². The molecule has 0 aromatic heterocycles. The molecule has 0 spiro atoms. The molecule has 0 fully saturated rings. The summed E-state index contributed by atoms with van der Waals surface area (Å²) in [6.45, 7) is 2.88. The standard InChI is InChI=1S/C17H22N2O5S/c1-11(20)15(17(23)24-3)25-10-14(19-12(2)21)16(22)18-9-13-7-5-4-6-8-13/h4-8,14-15H,9-10H2,1-3H3,(H,18,22)(H,19,21). The Morgan fingerprint density at radius 2 is 1.76 bits per heavy atom. The van der Waals surface area contributed by atoms with Gasteiger partial charge in [0.2, 0.25) is 11.8 Å². The summed E-state index contributed by atoms with van der Waals surface area (Å²) in [5, 5.41) is 4.24. The molecule has 0 saturated carbocycles. The third-order valence-corrected chi connectivity index (χ3v) is 4.60. The lowest BCUT2D eigenvalue weighted by molar-refractivity contribution is -0.142. The first-order chi connectivity index (χ1) is 11.8. The highest BCUT2D eigenvalue weighted by Crippen LogP contribution is 2.15. The molecule has 25 heavy (non-hydrogen) atoms. The number of ketones is 1. The molecule has 0 saturated heterocycles. The van der Waals surface area contributed by atoms with Crippen LogP contribution < -0.4 is 10.6 Å². The number of hydrogen-bond donors (Lipinski definition) is 2. The molecule has 0 radical (unpaired) electrons. The summed E-state index contributed by atoms with van der Waals surface area (Å²) in [6, 6.07) is 8.46. The first-order valence-corrected chi connectivity index (χ1v) is 8.68. The number of amides is 2. The summed E-state index contributed by atoms with van der Waals surface area (Å²) in [5.74, 6) is -1.75. The van der Waals surface area contributed by atoms with Crippen LogP contribution in [0, 0.1) is 0 Å². The van der Waals surface area contributed by atoms with Gasteiger partial charge in [-0.1, -0.05) is 30.3 Å². The number of carbonyl (C=O) groups excluding carboxylic acids is 4. The number of nitrogens with one attached hydrogen (secondary N) is 2. The summed E-state index contributed by atoms with van der Waals surface area (Å²) in [7, 11) is 1.19. The van der Waals surface area contributed by atoms with Gasteiger partial charge in [-0.2, -0.15) is 0 Å². The van der Waals surface area contributed by atoms with E-state index in [1.54, 1.807) is 0 Å². The van der Waals surface area contributed by atoms with E-state index in [9.17, 15) is 19.2 Å². The van der Waals surface area contributed by atoms with Gasteiger partial charge in [-0.15, -0.1) is 11.8 Å². The molecular weight excluding hydrogens is 344 g/mol. The minimum Gasteiger partial charge on any atom is -0.468 e. The van der Waals surface area contributed by atoms with E-state index >= 15 is 0 Å². The van der Waals surface area contributed by atoms with E-state index in [1.807, 2.05) is 30.3 Å². The number of benzene rings is 1. The molecule has 2 atom stereocenters. The fraction of sp³-hybridized carbons (Fsp3) is 0.412. The van der Waals surface area contributed by atoms with Crippen LogP contribution in [0.4, 0.5) is 0 Å². The second-order valence-electron chi connectivity index (χ2n) is 5.30. The van der Waals surface area contributed by atoms with Crippen molar-refractivity contribution in [1.82, 2.24) is 10.6 Å². The number of ether oxygens (including phenoxy) is 1. The molecule has 1 aromatic carbocycles. The number of rotatable bonds is 9. The fourth-order valence-corrected chi connectivity index (χ4v) is 3.07. The predicted molar refractivity (Wildman–Crippen MR) is 94.8 cm³/mol. The Labute approximate surface area is 150 Å². The Kier molecular flexibility index (Phi) is 8.69. The van der Waals surface area contributed by atoms with Gasteiger partial charge in [-0.05, 0) is 12.5 Å². The van der Waals surface area contributed by atoms with Crippen LogP contribution in [0.15, 0.2) is 30.3 Å². The molecular formula is C17H22N2O5S. The topological polar surface area (TPSA) is 102 Å². The van der Waals surface area contributed by atoms with E-state index < -0.39 is 23.2 Å². The molecule has 0 aliphatic heterocycles. The molecule has 136 valence electrons. The maximum Gasteiger partial charge on any atom is 0.326 e. The Morgan fingerprint density at radius 1 is 1.12 bits per heavy atom. The van der Waals surface area contributed by atoms with Crippen molar-refractivity contribution >= 4 is 35.3 Å². The number of thioether (sulfide) groups is 1. The molecule has 1 rings (SSSR count). The summed E-state index contributed by atoms with van der Waals surface area (Å²) in [6.07, 6.45) is 0. The zero-order valence-corrected chi connectivity index (χ0v) is 15.2. The van der Waals surface area contributed by atoms with Crippen molar-refractivity contribution in [3.05, 3.63) is 35.9 Å². The van der Waals surface area contributed by atoms with Gasteiger partial charge in [0, 0.05) is 19.2 Å². The van der Waals surface area contributed by atoms with Crippen LogP contribution in [0.3, 0.4) is 0 Å². The van der Waals surface area contributed by atoms with Crippen molar-refractivity contribution in [2.24, 2.45) is 0 Å². The molecule has 1 aromatic rings. The highest BCUT2D eigenvalue weighted by molar-refractivity contribution is 8.01. The lowest BCUT2D eigenvalue weighted by Crippen LogP contribution is -2.48. The number of Topliss-reactive ketones (excluding diaryl/α,β-unsaturated/α-hetero) is 1. The van der Waals surface area contributed by atoms with Crippen LogP contribution in [0.25, 0.3) is 0 Å².